The van der Waals surface area contributed by atoms with Crippen LogP contribution in [0, 0.1) is 6.92 Å². The first-order valence-corrected chi connectivity index (χ1v) is 2.91. The molecule has 50 valence electrons. The lowest BCUT2D eigenvalue weighted by atomic mass is 10.5. The van der Waals surface area contributed by atoms with Crippen molar-refractivity contribution in [1.29, 1.82) is 0 Å². The van der Waals surface area contributed by atoms with Crippen LogP contribution in [0.2, 0.25) is 0 Å². The van der Waals surface area contributed by atoms with Crippen LogP contribution in [-0.2, 0) is 6.54 Å². The van der Waals surface area contributed by atoms with Crippen molar-refractivity contribution in [1.82, 2.24) is 15.0 Å². The zero-order chi connectivity index (χ0) is 6.85. The third kappa shape index (κ3) is 0.872. The Kier molecular flexibility index (Phi) is 1.38. The first kappa shape index (κ1) is 6.07. The lowest BCUT2D eigenvalue weighted by Crippen LogP contribution is -1.99. The fourth-order valence-electron chi connectivity index (χ4n) is 0.674. The molecular weight excluding hydrogens is 116 g/mol. The normalized spacial score (nSPS) is 10.0. The maximum absolute atomic E-state index is 5.42. The summed E-state index contributed by atoms with van der Waals surface area (Å²) in [4.78, 5) is 0. The average molecular weight is 126 g/mol. The predicted molar refractivity (Wildman–Crippen MR) is 34.8 cm³/mol. The van der Waals surface area contributed by atoms with E-state index in [1.54, 1.807) is 4.68 Å². The highest BCUT2D eigenvalue weighted by atomic mass is 15.4. The van der Waals surface area contributed by atoms with Crippen LogP contribution in [0.25, 0.3) is 0 Å². The van der Waals surface area contributed by atoms with E-state index in [0.29, 0.717) is 5.82 Å². The van der Waals surface area contributed by atoms with Crippen molar-refractivity contribution in [2.75, 3.05) is 5.73 Å². The van der Waals surface area contributed by atoms with Gasteiger partial charge in [0, 0.05) is 6.54 Å². The second-order valence-corrected chi connectivity index (χ2v) is 1.88. The van der Waals surface area contributed by atoms with Gasteiger partial charge in [0.2, 0.25) is 0 Å². The summed E-state index contributed by atoms with van der Waals surface area (Å²) in [6.07, 6.45) is 0. The maximum atomic E-state index is 5.42. The Morgan fingerprint density at radius 3 is 2.56 bits per heavy atom. The average Bonchev–Trinajstić information content (AvgIpc) is 2.15. The lowest BCUT2D eigenvalue weighted by molar-refractivity contribution is 0.611. The van der Waals surface area contributed by atoms with Gasteiger partial charge in [-0.15, -0.1) is 5.10 Å². The lowest BCUT2D eigenvalue weighted by Gasteiger charge is -1.94. The molecule has 0 amide bonds. The van der Waals surface area contributed by atoms with Gasteiger partial charge in [-0.25, -0.2) is 4.68 Å². The first-order chi connectivity index (χ1) is 4.25. The van der Waals surface area contributed by atoms with E-state index in [0.717, 1.165) is 12.2 Å². The third-order valence-corrected chi connectivity index (χ3v) is 1.32. The molecule has 4 heteroatoms. The van der Waals surface area contributed by atoms with Crippen molar-refractivity contribution in [3.05, 3.63) is 5.69 Å². The molecule has 4 nitrogen and oxygen atoms in total. The Morgan fingerprint density at radius 2 is 2.33 bits per heavy atom. The van der Waals surface area contributed by atoms with Crippen LogP contribution in [0.4, 0.5) is 5.82 Å². The van der Waals surface area contributed by atoms with E-state index in [4.69, 9.17) is 5.73 Å². The zero-order valence-electron chi connectivity index (χ0n) is 5.63. The molecule has 9 heavy (non-hydrogen) atoms. The van der Waals surface area contributed by atoms with Gasteiger partial charge >= 0.3 is 0 Å². The number of hydrogen-bond donors (Lipinski definition) is 1. The van der Waals surface area contributed by atoms with E-state index < -0.39 is 0 Å². The van der Waals surface area contributed by atoms with Crippen molar-refractivity contribution in [3.63, 3.8) is 0 Å². The number of hydrogen-bond acceptors (Lipinski definition) is 3. The minimum absolute atomic E-state index is 0.525. The summed E-state index contributed by atoms with van der Waals surface area (Å²) in [5, 5.41) is 7.45. The van der Waals surface area contributed by atoms with Gasteiger partial charge in [0.15, 0.2) is 5.82 Å². The summed E-state index contributed by atoms with van der Waals surface area (Å²) in [5.41, 5.74) is 6.36. The highest BCUT2D eigenvalue weighted by Gasteiger charge is 1.99. The Hall–Kier alpha value is -1.06. The van der Waals surface area contributed by atoms with E-state index in [9.17, 15) is 0 Å². The van der Waals surface area contributed by atoms with Gasteiger partial charge in [-0.05, 0) is 13.8 Å². The second-order valence-electron chi connectivity index (χ2n) is 1.88. The van der Waals surface area contributed by atoms with Crippen molar-refractivity contribution in [3.8, 4) is 0 Å². The summed E-state index contributed by atoms with van der Waals surface area (Å²) in [6, 6.07) is 0. The van der Waals surface area contributed by atoms with Gasteiger partial charge in [-0.1, -0.05) is 5.21 Å². The molecule has 1 aromatic heterocycles. The fraction of sp³-hybridized carbons (Fsp3) is 0.600. The summed E-state index contributed by atoms with van der Waals surface area (Å²) < 4.78 is 1.76. The first-order valence-electron chi connectivity index (χ1n) is 2.91. The molecule has 0 saturated heterocycles. The second kappa shape index (κ2) is 2.05. The molecular formula is C5H10N4. The molecule has 0 spiro atoms. The van der Waals surface area contributed by atoms with E-state index in [1.165, 1.54) is 0 Å². The Labute approximate surface area is 53.7 Å². The predicted octanol–water partition coefficient (Wildman–Crippen LogP) is 0.189. The van der Waals surface area contributed by atoms with Crippen LogP contribution in [-0.4, -0.2) is 15.0 Å². The van der Waals surface area contributed by atoms with Crippen LogP contribution in [0.1, 0.15) is 12.6 Å². The minimum atomic E-state index is 0.525. The highest BCUT2D eigenvalue weighted by Crippen LogP contribution is 2.02. The van der Waals surface area contributed by atoms with Gasteiger partial charge in [0.25, 0.3) is 0 Å². The Bertz CT molecular complexity index is 203. The molecule has 0 aliphatic rings. The number of rotatable bonds is 1. The minimum Gasteiger partial charge on any atom is -0.381 e. The molecule has 0 aliphatic heterocycles. The van der Waals surface area contributed by atoms with Crippen molar-refractivity contribution >= 4 is 5.82 Å². The quantitative estimate of drug-likeness (QED) is 0.584. The Morgan fingerprint density at radius 1 is 1.67 bits per heavy atom. The molecule has 0 atom stereocenters. The summed E-state index contributed by atoms with van der Waals surface area (Å²) in [6.45, 7) is 4.73. The van der Waals surface area contributed by atoms with Crippen LogP contribution >= 0.6 is 0 Å². The summed E-state index contributed by atoms with van der Waals surface area (Å²) in [7, 11) is 0. The number of aromatic nitrogens is 3. The Balaban J connectivity index is 3.04. The summed E-state index contributed by atoms with van der Waals surface area (Å²) in [5.74, 6) is 0.525. The monoisotopic (exact) mass is 126 g/mol. The standard InChI is InChI=1S/C5H10N4/c1-3-9-4(2)5(6)7-8-9/h3,6H2,1-2H3. The smallest absolute Gasteiger partial charge is 0.168 e. The number of nitrogens with two attached hydrogens (primary N) is 1. The van der Waals surface area contributed by atoms with Gasteiger partial charge in [-0.2, -0.15) is 0 Å². The molecule has 1 aromatic rings. The number of aryl methyl sites for hydroxylation is 1. The van der Waals surface area contributed by atoms with Crippen molar-refractivity contribution in [2.24, 2.45) is 0 Å². The van der Waals surface area contributed by atoms with Crippen molar-refractivity contribution in [2.45, 2.75) is 20.4 Å². The van der Waals surface area contributed by atoms with E-state index >= 15 is 0 Å². The highest BCUT2D eigenvalue weighted by molar-refractivity contribution is 5.30. The molecule has 0 saturated carbocycles. The molecule has 2 N–H and O–H groups in total. The molecule has 0 aliphatic carbocycles. The van der Waals surface area contributed by atoms with E-state index in [1.807, 2.05) is 13.8 Å². The van der Waals surface area contributed by atoms with Crippen LogP contribution in [0.5, 0.6) is 0 Å². The molecule has 1 heterocycles. The molecule has 0 aromatic carbocycles. The number of nitrogen functional groups attached to an aromatic ring is 1. The topological polar surface area (TPSA) is 56.7 Å². The zero-order valence-corrected chi connectivity index (χ0v) is 5.63. The number of anilines is 1. The van der Waals surface area contributed by atoms with Crippen LogP contribution in [0.15, 0.2) is 0 Å². The van der Waals surface area contributed by atoms with Gasteiger partial charge in [0.1, 0.15) is 0 Å². The molecule has 0 bridgehead atoms. The third-order valence-electron chi connectivity index (χ3n) is 1.32. The fourth-order valence-corrected chi connectivity index (χ4v) is 0.674. The van der Waals surface area contributed by atoms with Crippen LogP contribution in [0.3, 0.4) is 0 Å². The van der Waals surface area contributed by atoms with Gasteiger partial charge in [0.05, 0.1) is 5.69 Å². The molecule has 1 rings (SSSR count). The molecule has 0 radical (unpaired) electrons. The van der Waals surface area contributed by atoms with Gasteiger partial charge in [-0.3, -0.25) is 0 Å². The SMILES string of the molecule is CCn1nnc(N)c1C. The van der Waals surface area contributed by atoms with Crippen molar-refractivity contribution < 1.29 is 0 Å². The summed E-state index contributed by atoms with van der Waals surface area (Å²) >= 11 is 0. The van der Waals surface area contributed by atoms with Gasteiger partial charge < -0.3 is 5.73 Å². The van der Waals surface area contributed by atoms with Crippen LogP contribution < -0.4 is 5.73 Å². The van der Waals surface area contributed by atoms with E-state index in [-0.39, 0.29) is 0 Å². The molecule has 0 fully saturated rings. The maximum Gasteiger partial charge on any atom is 0.168 e. The number of nitrogens with zero attached hydrogens (tertiary/aromatic N) is 3. The largest absolute Gasteiger partial charge is 0.381 e. The van der Waals surface area contributed by atoms with E-state index in [2.05, 4.69) is 10.3 Å². The molecule has 0 unspecified atom stereocenters.